The third-order valence-corrected chi connectivity index (χ3v) is 8.13. The van der Waals surface area contributed by atoms with Crippen molar-refractivity contribution in [2.75, 3.05) is 13.2 Å². The molecule has 0 aromatic rings. The van der Waals surface area contributed by atoms with Gasteiger partial charge in [0.2, 0.25) is 0 Å². The summed E-state index contributed by atoms with van der Waals surface area (Å²) < 4.78 is 10.3. The van der Waals surface area contributed by atoms with Gasteiger partial charge in [-0.2, -0.15) is 0 Å². The fourth-order valence-corrected chi connectivity index (χ4v) is 4.90. The summed E-state index contributed by atoms with van der Waals surface area (Å²) in [6.45, 7) is 6.15. The third-order valence-electron chi connectivity index (χ3n) is 8.13. The molecule has 0 heterocycles. The highest BCUT2D eigenvalue weighted by Crippen LogP contribution is 2.15. The number of carbonyl (C=O) groups is 2. The molecule has 0 spiro atoms. The van der Waals surface area contributed by atoms with Crippen LogP contribution in [0.4, 0.5) is 0 Å². The highest BCUT2D eigenvalue weighted by Gasteiger charge is 2.12. The molecule has 0 radical (unpaired) electrons. The largest absolute Gasteiger partial charge is 0.463 e. The minimum absolute atomic E-state index is 0.141. The molecule has 0 aliphatic heterocycles. The van der Waals surface area contributed by atoms with Gasteiger partial charge in [-0.1, -0.05) is 133 Å². The first-order chi connectivity index (χ1) is 22.3. The number of aliphatic hydroxyl groups is 2. The molecule has 0 aromatic heterocycles. The van der Waals surface area contributed by atoms with Crippen LogP contribution in [-0.4, -0.2) is 47.6 Å². The van der Waals surface area contributed by atoms with Crippen molar-refractivity contribution in [1.29, 1.82) is 0 Å². The number of aliphatic hydroxyl groups excluding tert-OH is 2. The number of rotatable bonds is 32. The fourth-order valence-electron chi connectivity index (χ4n) is 4.90. The van der Waals surface area contributed by atoms with Crippen molar-refractivity contribution in [3.05, 3.63) is 48.6 Å². The van der Waals surface area contributed by atoms with Gasteiger partial charge in [0.15, 0.2) is 0 Å². The van der Waals surface area contributed by atoms with Crippen LogP contribution in [0.3, 0.4) is 0 Å². The number of unbranched alkanes of at least 4 members (excludes halogenated alkanes) is 11. The molecule has 0 saturated carbocycles. The molecule has 46 heavy (non-hydrogen) atoms. The first-order valence-corrected chi connectivity index (χ1v) is 18.6. The summed E-state index contributed by atoms with van der Waals surface area (Å²) in [5, 5.41) is 19.2. The van der Waals surface area contributed by atoms with E-state index in [4.69, 9.17) is 9.47 Å². The van der Waals surface area contributed by atoms with Crippen LogP contribution < -0.4 is 0 Å². The zero-order valence-corrected chi connectivity index (χ0v) is 29.8. The molecule has 0 aromatic carbocycles. The van der Waals surface area contributed by atoms with Crippen molar-refractivity contribution in [2.45, 2.75) is 174 Å². The van der Waals surface area contributed by atoms with Gasteiger partial charge in [0.05, 0.1) is 6.10 Å². The normalized spacial score (nSPS) is 14.1. The minimum Gasteiger partial charge on any atom is -0.463 e. The highest BCUT2D eigenvalue weighted by molar-refractivity contribution is 5.69. The predicted molar refractivity (Wildman–Crippen MR) is 193 cm³/mol. The molecule has 2 N–H and O–H groups in total. The van der Waals surface area contributed by atoms with Crippen molar-refractivity contribution < 1.29 is 29.3 Å². The van der Waals surface area contributed by atoms with Crippen molar-refractivity contribution in [2.24, 2.45) is 5.92 Å². The van der Waals surface area contributed by atoms with Crippen molar-refractivity contribution in [3.8, 4) is 0 Å². The van der Waals surface area contributed by atoms with E-state index >= 15 is 0 Å². The van der Waals surface area contributed by atoms with Crippen molar-refractivity contribution in [3.63, 3.8) is 0 Å². The SMILES string of the molecule is CCC(C)CCCCCCCCCCCCC(=O)OC[C@@H](O)COC(=O)CCC/C=C\C/C=C\C/C=C\C/C=C\CCC[C@@H](C)O. The summed E-state index contributed by atoms with van der Waals surface area (Å²) >= 11 is 0. The van der Waals surface area contributed by atoms with Gasteiger partial charge in [0, 0.05) is 12.8 Å². The summed E-state index contributed by atoms with van der Waals surface area (Å²) in [6, 6.07) is 0. The Kier molecular flexibility index (Phi) is 32.5. The molecule has 0 aliphatic carbocycles. The Balaban J connectivity index is 3.57. The number of hydrogen-bond donors (Lipinski definition) is 2. The van der Waals surface area contributed by atoms with E-state index in [9.17, 15) is 19.8 Å². The van der Waals surface area contributed by atoms with Gasteiger partial charge in [-0.3, -0.25) is 9.59 Å². The molecule has 0 fully saturated rings. The molecule has 0 rings (SSSR count). The number of ether oxygens (including phenoxy) is 2. The van der Waals surface area contributed by atoms with Crippen LogP contribution in [0.5, 0.6) is 0 Å². The Morgan fingerprint density at radius 3 is 1.43 bits per heavy atom. The Morgan fingerprint density at radius 2 is 0.957 bits per heavy atom. The second-order valence-electron chi connectivity index (χ2n) is 12.9. The molecule has 0 aliphatic rings. The lowest BCUT2D eigenvalue weighted by Gasteiger charge is -2.12. The van der Waals surface area contributed by atoms with Gasteiger partial charge in [0.1, 0.15) is 19.3 Å². The molecule has 0 bridgehead atoms. The summed E-state index contributed by atoms with van der Waals surface area (Å²) in [7, 11) is 0. The van der Waals surface area contributed by atoms with Crippen molar-refractivity contribution in [1.82, 2.24) is 0 Å². The maximum atomic E-state index is 11.9. The predicted octanol–water partition coefficient (Wildman–Crippen LogP) is 10.3. The van der Waals surface area contributed by atoms with E-state index in [1.807, 2.05) is 6.92 Å². The lowest BCUT2D eigenvalue weighted by molar-refractivity contribution is -0.152. The lowest BCUT2D eigenvalue weighted by atomic mass is 9.99. The number of allylic oxidation sites excluding steroid dienone is 8. The van der Waals surface area contributed by atoms with Crippen LogP contribution in [0, 0.1) is 5.92 Å². The molecule has 266 valence electrons. The summed E-state index contributed by atoms with van der Waals surface area (Å²) in [6.07, 6.45) is 38.6. The van der Waals surface area contributed by atoms with Gasteiger partial charge >= 0.3 is 11.9 Å². The average molecular weight is 647 g/mol. The number of hydrogen-bond acceptors (Lipinski definition) is 6. The van der Waals surface area contributed by atoms with E-state index in [0.717, 1.165) is 70.1 Å². The van der Waals surface area contributed by atoms with Crippen molar-refractivity contribution >= 4 is 11.9 Å². The Labute approximate surface area is 282 Å². The molecule has 0 amide bonds. The Hall–Kier alpha value is -2.18. The van der Waals surface area contributed by atoms with Gasteiger partial charge in [-0.25, -0.2) is 0 Å². The fraction of sp³-hybridized carbons (Fsp3) is 0.750. The van der Waals surface area contributed by atoms with Gasteiger partial charge in [-0.15, -0.1) is 0 Å². The molecular formula is C40H70O6. The zero-order valence-electron chi connectivity index (χ0n) is 29.8. The molecule has 3 atom stereocenters. The van der Waals surface area contributed by atoms with Gasteiger partial charge < -0.3 is 19.7 Å². The second kappa shape index (κ2) is 34.2. The number of carbonyl (C=O) groups excluding carboxylic acids is 2. The van der Waals surface area contributed by atoms with E-state index in [-0.39, 0.29) is 31.3 Å². The van der Waals surface area contributed by atoms with E-state index in [2.05, 4.69) is 62.5 Å². The average Bonchev–Trinajstić information content (AvgIpc) is 3.04. The maximum absolute atomic E-state index is 11.9. The first-order valence-electron chi connectivity index (χ1n) is 18.6. The quantitative estimate of drug-likeness (QED) is 0.0429. The Morgan fingerprint density at radius 1 is 0.543 bits per heavy atom. The Bertz CT molecular complexity index is 813. The maximum Gasteiger partial charge on any atom is 0.305 e. The summed E-state index contributed by atoms with van der Waals surface area (Å²) in [5.41, 5.74) is 0. The van der Waals surface area contributed by atoms with E-state index in [0.29, 0.717) is 19.3 Å². The van der Waals surface area contributed by atoms with Gasteiger partial charge in [-0.05, 0) is 70.6 Å². The standard InChI is InChI=1S/C40H70O6/c1-4-36(2)30-26-22-18-14-12-13-17-21-25-29-33-40(44)46-35-38(42)34-45-39(43)32-28-24-20-16-11-9-7-5-6-8-10-15-19-23-27-31-37(3)41/h6-9,15-16,19-20,36-38,41-42H,4-5,10-14,17-18,21-35H2,1-3H3/b8-6-,9-7-,19-15-,20-16-/t36?,37-,38+/m1/s1. The van der Waals surface area contributed by atoms with E-state index < -0.39 is 6.10 Å². The first kappa shape index (κ1) is 43.8. The molecule has 0 saturated heterocycles. The molecule has 1 unspecified atom stereocenters. The number of esters is 2. The highest BCUT2D eigenvalue weighted by atomic mass is 16.6. The van der Waals surface area contributed by atoms with E-state index in [1.165, 1.54) is 57.8 Å². The molecular weight excluding hydrogens is 576 g/mol. The van der Waals surface area contributed by atoms with Crippen LogP contribution in [0.2, 0.25) is 0 Å². The smallest absolute Gasteiger partial charge is 0.305 e. The third kappa shape index (κ3) is 34.7. The second-order valence-corrected chi connectivity index (χ2v) is 12.9. The summed E-state index contributed by atoms with van der Waals surface area (Å²) in [4.78, 5) is 23.9. The van der Waals surface area contributed by atoms with Gasteiger partial charge in [0.25, 0.3) is 0 Å². The molecule has 6 heteroatoms. The van der Waals surface area contributed by atoms with Crippen LogP contribution in [0.25, 0.3) is 0 Å². The minimum atomic E-state index is -0.993. The van der Waals surface area contributed by atoms with Crippen LogP contribution >= 0.6 is 0 Å². The summed E-state index contributed by atoms with van der Waals surface area (Å²) in [5.74, 6) is 0.225. The molecule has 6 nitrogen and oxygen atoms in total. The lowest BCUT2D eigenvalue weighted by Crippen LogP contribution is -2.25. The van der Waals surface area contributed by atoms with Crippen LogP contribution in [0.1, 0.15) is 162 Å². The van der Waals surface area contributed by atoms with E-state index in [1.54, 1.807) is 0 Å². The van der Waals surface area contributed by atoms with Crippen LogP contribution in [0.15, 0.2) is 48.6 Å². The monoisotopic (exact) mass is 647 g/mol. The van der Waals surface area contributed by atoms with Crippen LogP contribution in [-0.2, 0) is 19.1 Å². The topological polar surface area (TPSA) is 93.1 Å². The zero-order chi connectivity index (χ0) is 33.9.